The molecule has 0 heterocycles. The van der Waals surface area contributed by atoms with Crippen LogP contribution in [-0.4, -0.2) is 34.6 Å². The van der Waals surface area contributed by atoms with Crippen LogP contribution in [-0.2, 0) is 28.3 Å². The Bertz CT molecular complexity index is 1090. The number of hydrogen-bond acceptors (Lipinski definition) is 3. The summed E-state index contributed by atoms with van der Waals surface area (Å²) in [6.45, 7) is 6.20. The molecule has 1 N–H and O–H groups in total. The van der Waals surface area contributed by atoms with Gasteiger partial charge in [-0.25, -0.2) is 4.39 Å². The molecule has 2 amide bonds. The number of aryl methyl sites for hydroxylation is 1. The zero-order chi connectivity index (χ0) is 25.2. The molecule has 3 rings (SSSR count). The first kappa shape index (κ1) is 26.5. The third-order valence-corrected chi connectivity index (χ3v) is 6.57. The van der Waals surface area contributed by atoms with E-state index >= 15 is 0 Å². The minimum atomic E-state index is -0.639. The number of halogens is 1. The van der Waals surface area contributed by atoms with Gasteiger partial charge in [0.25, 0.3) is 0 Å². The van der Waals surface area contributed by atoms with E-state index in [9.17, 15) is 14.0 Å². The number of thioether (sulfide) groups is 1. The van der Waals surface area contributed by atoms with Crippen LogP contribution in [0, 0.1) is 12.7 Å². The molecule has 35 heavy (non-hydrogen) atoms. The normalized spacial score (nSPS) is 11.8. The van der Waals surface area contributed by atoms with Gasteiger partial charge in [0.1, 0.15) is 11.9 Å². The lowest BCUT2D eigenvalue weighted by Crippen LogP contribution is -2.52. The summed E-state index contributed by atoms with van der Waals surface area (Å²) in [6, 6.07) is 23.4. The van der Waals surface area contributed by atoms with Crippen molar-refractivity contribution in [2.24, 2.45) is 0 Å². The van der Waals surface area contributed by atoms with Gasteiger partial charge < -0.3 is 10.2 Å². The van der Waals surface area contributed by atoms with Crippen molar-refractivity contribution < 1.29 is 14.0 Å². The Labute approximate surface area is 211 Å². The number of amides is 2. The van der Waals surface area contributed by atoms with Gasteiger partial charge in [0.2, 0.25) is 11.8 Å². The Balaban J connectivity index is 1.83. The molecule has 0 aliphatic heterocycles. The quantitative estimate of drug-likeness (QED) is 0.383. The number of nitrogens with one attached hydrogen (secondary N) is 1. The summed E-state index contributed by atoms with van der Waals surface area (Å²) < 4.78 is 13.2. The zero-order valence-electron chi connectivity index (χ0n) is 20.5. The second kappa shape index (κ2) is 13.1. The summed E-state index contributed by atoms with van der Waals surface area (Å²) in [6.07, 6.45) is 0.430. The maximum absolute atomic E-state index is 13.5. The van der Waals surface area contributed by atoms with Gasteiger partial charge >= 0.3 is 0 Å². The average molecular weight is 493 g/mol. The highest BCUT2D eigenvalue weighted by Gasteiger charge is 2.30. The number of carbonyl (C=O) groups is 2. The summed E-state index contributed by atoms with van der Waals surface area (Å²) in [5.74, 6) is 0.277. The fourth-order valence-corrected chi connectivity index (χ4v) is 4.62. The molecule has 0 aliphatic rings. The van der Waals surface area contributed by atoms with Crippen molar-refractivity contribution in [3.05, 3.63) is 107 Å². The Morgan fingerprint density at radius 3 is 2.14 bits per heavy atom. The number of nitrogens with zero attached hydrogens (tertiary/aromatic N) is 1. The van der Waals surface area contributed by atoms with Gasteiger partial charge in [0.05, 0.1) is 5.75 Å². The molecule has 3 aromatic rings. The van der Waals surface area contributed by atoms with Gasteiger partial charge in [-0.3, -0.25) is 9.59 Å². The Morgan fingerprint density at radius 2 is 1.51 bits per heavy atom. The van der Waals surface area contributed by atoms with Gasteiger partial charge in [0, 0.05) is 24.8 Å². The van der Waals surface area contributed by atoms with Crippen molar-refractivity contribution in [2.45, 2.75) is 51.6 Å². The van der Waals surface area contributed by atoms with Crippen LogP contribution >= 0.6 is 11.8 Å². The van der Waals surface area contributed by atoms with E-state index in [0.29, 0.717) is 18.7 Å². The lowest BCUT2D eigenvalue weighted by Gasteiger charge is -2.32. The van der Waals surface area contributed by atoms with Crippen LogP contribution in [0.25, 0.3) is 0 Å². The molecule has 0 saturated carbocycles. The van der Waals surface area contributed by atoms with Crippen molar-refractivity contribution in [1.82, 2.24) is 10.2 Å². The van der Waals surface area contributed by atoms with Gasteiger partial charge in [-0.2, -0.15) is 0 Å². The molecule has 4 nitrogen and oxygen atoms in total. The number of rotatable bonds is 11. The molecule has 0 saturated heterocycles. The minimum absolute atomic E-state index is 0.0371. The first-order valence-electron chi connectivity index (χ1n) is 11.8. The fraction of sp³-hybridized carbons (Fsp3) is 0.310. The van der Waals surface area contributed by atoms with Crippen LogP contribution in [0.3, 0.4) is 0 Å². The Hall–Kier alpha value is -3.12. The maximum atomic E-state index is 13.5. The molecule has 0 aromatic heterocycles. The minimum Gasteiger partial charge on any atom is -0.352 e. The molecular formula is C29H33FN2O2S. The third kappa shape index (κ3) is 8.55. The van der Waals surface area contributed by atoms with Crippen molar-refractivity contribution in [3.63, 3.8) is 0 Å². The van der Waals surface area contributed by atoms with Gasteiger partial charge in [-0.15, -0.1) is 11.8 Å². The number of carbonyl (C=O) groups excluding carboxylic acids is 2. The number of hydrogen-bond donors (Lipinski definition) is 1. The molecule has 1 atom stereocenters. The van der Waals surface area contributed by atoms with E-state index in [1.54, 1.807) is 17.0 Å². The molecule has 0 aliphatic carbocycles. The molecule has 3 aromatic carbocycles. The van der Waals surface area contributed by atoms with Crippen LogP contribution < -0.4 is 5.32 Å². The van der Waals surface area contributed by atoms with E-state index < -0.39 is 6.04 Å². The molecular weight excluding hydrogens is 459 g/mol. The largest absolute Gasteiger partial charge is 0.352 e. The van der Waals surface area contributed by atoms with Gasteiger partial charge in [-0.1, -0.05) is 72.3 Å². The predicted molar refractivity (Wildman–Crippen MR) is 142 cm³/mol. The molecule has 0 spiro atoms. The SMILES string of the molecule is Cc1ccc(CN(C(=O)CSCc2ccc(F)cc2)[C@@H](Cc2ccccc2)C(=O)NC(C)C)cc1. The number of benzene rings is 3. The first-order chi connectivity index (χ1) is 16.8. The first-order valence-corrected chi connectivity index (χ1v) is 13.0. The van der Waals surface area contributed by atoms with Crippen LogP contribution in [0.5, 0.6) is 0 Å². The molecule has 0 radical (unpaired) electrons. The van der Waals surface area contributed by atoms with Crippen LogP contribution in [0.2, 0.25) is 0 Å². The second-order valence-corrected chi connectivity index (χ2v) is 9.98. The van der Waals surface area contributed by atoms with E-state index in [-0.39, 0.29) is 29.4 Å². The lowest BCUT2D eigenvalue weighted by molar-refractivity contribution is -0.139. The van der Waals surface area contributed by atoms with Crippen LogP contribution in [0.1, 0.15) is 36.1 Å². The monoisotopic (exact) mass is 492 g/mol. The maximum Gasteiger partial charge on any atom is 0.243 e. The van der Waals surface area contributed by atoms with Gasteiger partial charge in [-0.05, 0) is 49.6 Å². The van der Waals surface area contributed by atoms with Crippen molar-refractivity contribution in [3.8, 4) is 0 Å². The van der Waals surface area contributed by atoms with Crippen molar-refractivity contribution >= 4 is 23.6 Å². The molecule has 0 fully saturated rings. The molecule has 0 bridgehead atoms. The lowest BCUT2D eigenvalue weighted by atomic mass is 10.0. The van der Waals surface area contributed by atoms with E-state index in [0.717, 1.165) is 22.3 Å². The summed E-state index contributed by atoms with van der Waals surface area (Å²) in [5, 5.41) is 3.01. The summed E-state index contributed by atoms with van der Waals surface area (Å²) in [7, 11) is 0. The highest BCUT2D eigenvalue weighted by Crippen LogP contribution is 2.19. The summed E-state index contributed by atoms with van der Waals surface area (Å²) in [4.78, 5) is 28.6. The van der Waals surface area contributed by atoms with E-state index in [1.807, 2.05) is 75.4 Å². The summed E-state index contributed by atoms with van der Waals surface area (Å²) >= 11 is 1.47. The van der Waals surface area contributed by atoms with E-state index in [2.05, 4.69) is 5.32 Å². The van der Waals surface area contributed by atoms with E-state index in [1.165, 1.54) is 23.9 Å². The Kier molecular flexibility index (Phi) is 9.91. The molecule has 184 valence electrons. The smallest absolute Gasteiger partial charge is 0.243 e. The van der Waals surface area contributed by atoms with Crippen molar-refractivity contribution in [1.29, 1.82) is 0 Å². The highest BCUT2D eigenvalue weighted by atomic mass is 32.2. The molecule has 0 unspecified atom stereocenters. The van der Waals surface area contributed by atoms with Crippen LogP contribution in [0.15, 0.2) is 78.9 Å². The standard InChI is InChI=1S/C29H33FN2O2S/c1-21(2)31-29(34)27(17-23-7-5-4-6-8-23)32(18-24-11-9-22(3)10-12-24)28(33)20-35-19-25-13-15-26(30)16-14-25/h4-16,21,27H,17-20H2,1-3H3,(H,31,34)/t27-/m0/s1. The van der Waals surface area contributed by atoms with Gasteiger partial charge in [0.15, 0.2) is 0 Å². The van der Waals surface area contributed by atoms with Crippen molar-refractivity contribution in [2.75, 3.05) is 5.75 Å². The second-order valence-electron chi connectivity index (χ2n) is 9.00. The Morgan fingerprint density at radius 1 is 0.886 bits per heavy atom. The third-order valence-electron chi connectivity index (χ3n) is 5.58. The highest BCUT2D eigenvalue weighted by molar-refractivity contribution is 7.99. The zero-order valence-corrected chi connectivity index (χ0v) is 21.4. The molecule has 6 heteroatoms. The topological polar surface area (TPSA) is 49.4 Å². The average Bonchev–Trinajstić information content (AvgIpc) is 2.84. The summed E-state index contributed by atoms with van der Waals surface area (Å²) in [5.41, 5.74) is 4.06. The van der Waals surface area contributed by atoms with Crippen LogP contribution in [0.4, 0.5) is 4.39 Å². The predicted octanol–water partition coefficient (Wildman–Crippen LogP) is 5.53. The fourth-order valence-electron chi connectivity index (χ4n) is 3.74. The van der Waals surface area contributed by atoms with E-state index in [4.69, 9.17) is 0 Å².